The molecule has 2 aromatic carbocycles. The molecular weight excluding hydrogens is 504 g/mol. The van der Waals surface area contributed by atoms with Gasteiger partial charge >= 0.3 is 5.63 Å². The Morgan fingerprint density at radius 3 is 2.52 bits per heavy atom. The second kappa shape index (κ2) is 9.37. The summed E-state index contributed by atoms with van der Waals surface area (Å²) in [4.78, 5) is 40.7. The van der Waals surface area contributed by atoms with Gasteiger partial charge in [0, 0.05) is 71.7 Å². The number of hydrogen-bond acceptors (Lipinski definition) is 5. The van der Waals surface area contributed by atoms with E-state index in [4.69, 9.17) is 8.83 Å². The summed E-state index contributed by atoms with van der Waals surface area (Å²) in [7, 11) is 0. The topological polar surface area (TPSA) is 85.7 Å². The van der Waals surface area contributed by atoms with Crippen LogP contribution in [-0.2, 0) is 17.8 Å². The van der Waals surface area contributed by atoms with Crippen molar-refractivity contribution < 1.29 is 13.6 Å². The summed E-state index contributed by atoms with van der Waals surface area (Å²) in [5.74, 6) is 1.27. The summed E-state index contributed by atoms with van der Waals surface area (Å²) < 4.78 is 13.7. The first kappa shape index (κ1) is 24.6. The number of aryl methyl sites for hydroxylation is 2. The summed E-state index contributed by atoms with van der Waals surface area (Å²) in [5.41, 5.74) is 5.26. The van der Waals surface area contributed by atoms with Gasteiger partial charge in [0.2, 0.25) is 5.91 Å². The van der Waals surface area contributed by atoms with Gasteiger partial charge in [-0.3, -0.25) is 9.59 Å². The van der Waals surface area contributed by atoms with Crippen LogP contribution in [0.15, 0.2) is 79.1 Å². The van der Waals surface area contributed by atoms with Crippen LogP contribution in [0.1, 0.15) is 41.3 Å². The molecule has 5 aromatic rings. The zero-order chi connectivity index (χ0) is 27.5. The maximum Gasteiger partial charge on any atom is 0.339 e. The predicted molar refractivity (Wildman–Crippen MR) is 154 cm³/mol. The molecule has 40 heavy (non-hydrogen) atoms. The monoisotopic (exact) mass is 534 g/mol. The van der Waals surface area contributed by atoms with Crippen LogP contribution in [0.25, 0.3) is 33.1 Å². The van der Waals surface area contributed by atoms with Crippen molar-refractivity contribution >= 4 is 27.8 Å². The van der Waals surface area contributed by atoms with Crippen molar-refractivity contribution in [2.24, 2.45) is 5.92 Å². The second-order valence-electron chi connectivity index (χ2n) is 11.2. The van der Waals surface area contributed by atoms with Crippen molar-refractivity contribution in [2.75, 3.05) is 13.1 Å². The molecule has 0 saturated carbocycles. The molecule has 1 saturated heterocycles. The van der Waals surface area contributed by atoms with Gasteiger partial charge in [-0.05, 0) is 55.9 Å². The first-order chi connectivity index (χ1) is 19.4. The Kier molecular flexibility index (Phi) is 5.77. The van der Waals surface area contributed by atoms with Gasteiger partial charge < -0.3 is 18.3 Å². The molecule has 0 unspecified atom stereocenters. The van der Waals surface area contributed by atoms with Crippen LogP contribution in [-0.4, -0.2) is 28.5 Å². The van der Waals surface area contributed by atoms with Crippen molar-refractivity contribution in [1.29, 1.82) is 0 Å². The molecule has 3 aromatic heterocycles. The third-order valence-corrected chi connectivity index (χ3v) is 8.76. The van der Waals surface area contributed by atoms with Crippen LogP contribution in [0, 0.1) is 19.8 Å². The highest BCUT2D eigenvalue weighted by molar-refractivity contribution is 6.03. The van der Waals surface area contributed by atoms with Gasteiger partial charge in [-0.1, -0.05) is 36.4 Å². The lowest BCUT2D eigenvalue weighted by Crippen LogP contribution is -2.49. The van der Waals surface area contributed by atoms with E-state index in [2.05, 4.69) is 12.1 Å². The number of pyridine rings is 1. The Balaban J connectivity index is 1.17. The molecule has 2 aliphatic rings. The highest BCUT2D eigenvalue weighted by atomic mass is 16.4. The van der Waals surface area contributed by atoms with Crippen LogP contribution in [0.2, 0.25) is 0 Å². The number of nitrogens with zero attached hydrogens (tertiary/aromatic N) is 2. The van der Waals surface area contributed by atoms with Crippen molar-refractivity contribution in [3.63, 3.8) is 0 Å². The Bertz CT molecular complexity index is 1910. The number of fused-ring (bicyclic) bond motifs is 6. The largest absolute Gasteiger partial charge is 0.461 e. The van der Waals surface area contributed by atoms with E-state index < -0.39 is 5.63 Å². The van der Waals surface area contributed by atoms with E-state index in [0.717, 1.165) is 45.3 Å². The van der Waals surface area contributed by atoms with Crippen LogP contribution in [0.5, 0.6) is 0 Å². The number of benzene rings is 2. The lowest BCUT2D eigenvalue weighted by atomic mass is 9.83. The number of aromatic nitrogens is 1. The fraction of sp³-hybridized carbons (Fsp3) is 0.303. The molecule has 1 fully saturated rings. The fourth-order valence-corrected chi connectivity index (χ4v) is 6.84. The number of likely N-dealkylation sites (tertiary alicyclic amines) is 1. The maximum atomic E-state index is 13.4. The molecule has 5 heterocycles. The van der Waals surface area contributed by atoms with Crippen LogP contribution >= 0.6 is 0 Å². The van der Waals surface area contributed by atoms with E-state index in [-0.39, 0.29) is 29.7 Å². The van der Waals surface area contributed by atoms with Gasteiger partial charge in [-0.15, -0.1) is 0 Å². The quantitative estimate of drug-likeness (QED) is 0.282. The maximum absolute atomic E-state index is 13.4. The summed E-state index contributed by atoms with van der Waals surface area (Å²) in [6.07, 6.45) is 1.55. The standard InChI is InChI=1S/C33H30N2O5/c1-19-24(11-12-30(36)34-16-21-13-23(18-34)27-9-6-10-31(37)35(27)17-21)33(38)40-28-15-29-26(14-25(19)28)32(20(2)39-29)22-7-4-3-5-8-22/h3-10,14-15,21,23H,11-13,16-18H2,1-2H3/t21-,23+/m1/s1. The molecule has 2 bridgehead atoms. The average molecular weight is 535 g/mol. The molecule has 0 N–H and O–H groups in total. The minimum absolute atomic E-state index is 0.0317. The lowest BCUT2D eigenvalue weighted by molar-refractivity contribution is -0.133. The number of hydrogen-bond donors (Lipinski definition) is 0. The van der Waals surface area contributed by atoms with E-state index in [9.17, 15) is 14.4 Å². The minimum atomic E-state index is -0.410. The van der Waals surface area contributed by atoms with Gasteiger partial charge in [0.1, 0.15) is 16.9 Å². The van der Waals surface area contributed by atoms with Gasteiger partial charge in [-0.2, -0.15) is 0 Å². The van der Waals surface area contributed by atoms with E-state index in [1.165, 1.54) is 0 Å². The average Bonchev–Trinajstić information content (AvgIpc) is 3.27. The second-order valence-corrected chi connectivity index (χ2v) is 11.2. The van der Waals surface area contributed by atoms with Gasteiger partial charge in [0.25, 0.3) is 5.56 Å². The molecular formula is C33H30N2O5. The molecule has 202 valence electrons. The molecule has 7 nitrogen and oxygen atoms in total. The number of carbonyl (C=O) groups is 1. The smallest absolute Gasteiger partial charge is 0.339 e. The Hall–Kier alpha value is -4.39. The minimum Gasteiger partial charge on any atom is -0.461 e. The third kappa shape index (κ3) is 3.99. The summed E-state index contributed by atoms with van der Waals surface area (Å²) >= 11 is 0. The number of amides is 1. The number of furan rings is 1. The van der Waals surface area contributed by atoms with E-state index in [1.807, 2.05) is 53.6 Å². The summed E-state index contributed by atoms with van der Waals surface area (Å²) in [6.45, 7) is 5.76. The van der Waals surface area contributed by atoms with E-state index >= 15 is 0 Å². The fourth-order valence-electron chi connectivity index (χ4n) is 6.84. The molecule has 0 aliphatic carbocycles. The highest BCUT2D eigenvalue weighted by Gasteiger charge is 2.36. The Labute approximate surface area is 230 Å². The van der Waals surface area contributed by atoms with Gasteiger partial charge in [0.15, 0.2) is 0 Å². The molecule has 0 radical (unpaired) electrons. The van der Waals surface area contributed by atoms with E-state index in [1.54, 1.807) is 18.2 Å². The number of piperidine rings is 1. The first-order valence-corrected chi connectivity index (χ1v) is 13.9. The zero-order valence-corrected chi connectivity index (χ0v) is 22.6. The SMILES string of the molecule is Cc1oc2cc3oc(=O)c(CCC(=O)N4C[C@H]5C[C@@H](C4)c4cccc(=O)n4C5)c(C)c3cc2c1-c1ccccc1. The first-order valence-electron chi connectivity index (χ1n) is 13.9. The zero-order valence-electron chi connectivity index (χ0n) is 22.6. The predicted octanol–water partition coefficient (Wildman–Crippen LogP) is 5.56. The molecule has 2 atom stereocenters. The highest BCUT2D eigenvalue weighted by Crippen LogP contribution is 2.38. The van der Waals surface area contributed by atoms with Crippen molar-refractivity contribution in [3.8, 4) is 11.1 Å². The molecule has 2 aliphatic heterocycles. The molecule has 7 heteroatoms. The van der Waals surface area contributed by atoms with Crippen molar-refractivity contribution in [2.45, 2.75) is 45.6 Å². The van der Waals surface area contributed by atoms with Gasteiger partial charge in [0.05, 0.1) is 0 Å². The third-order valence-electron chi connectivity index (χ3n) is 8.76. The summed E-state index contributed by atoms with van der Waals surface area (Å²) in [6, 6.07) is 19.3. The van der Waals surface area contributed by atoms with E-state index in [0.29, 0.717) is 42.8 Å². The Morgan fingerprint density at radius 2 is 1.70 bits per heavy atom. The Morgan fingerprint density at radius 1 is 0.900 bits per heavy atom. The molecule has 0 spiro atoms. The van der Waals surface area contributed by atoms with Crippen LogP contribution in [0.4, 0.5) is 0 Å². The molecule has 7 rings (SSSR count). The molecule has 1 amide bonds. The van der Waals surface area contributed by atoms with Crippen molar-refractivity contribution in [1.82, 2.24) is 9.47 Å². The van der Waals surface area contributed by atoms with Crippen molar-refractivity contribution in [3.05, 3.63) is 104 Å². The van der Waals surface area contributed by atoms with Crippen LogP contribution in [0.3, 0.4) is 0 Å². The number of rotatable bonds is 4. The lowest BCUT2D eigenvalue weighted by Gasteiger charge is -2.42. The number of carbonyl (C=O) groups excluding carboxylic acids is 1. The normalized spacial score (nSPS) is 18.3. The summed E-state index contributed by atoms with van der Waals surface area (Å²) in [5, 5.41) is 1.82. The van der Waals surface area contributed by atoms with Gasteiger partial charge in [-0.25, -0.2) is 4.79 Å². The van der Waals surface area contributed by atoms with Crippen LogP contribution < -0.4 is 11.2 Å².